The van der Waals surface area contributed by atoms with Crippen LogP contribution >= 0.6 is 0 Å². The number of anilines is 1. The van der Waals surface area contributed by atoms with Gasteiger partial charge in [-0.2, -0.15) is 0 Å². The molecular weight excluding hydrogens is 482 g/mol. The summed E-state index contributed by atoms with van der Waals surface area (Å²) < 4.78 is 11.2. The Morgan fingerprint density at radius 2 is 1.74 bits per heavy atom. The van der Waals surface area contributed by atoms with E-state index < -0.39 is 17.7 Å². The summed E-state index contributed by atoms with van der Waals surface area (Å²) in [5, 5.41) is 11.6. The SMILES string of the molecule is COc1cc(C)c(/C(O)=C2\C(=O)C(=O)N(c3nc4ccccc4[nH]3)C2c2ccc(OC(C)C)cc2)cc1C. The lowest BCUT2D eigenvalue weighted by Crippen LogP contribution is -2.30. The summed E-state index contributed by atoms with van der Waals surface area (Å²) in [4.78, 5) is 36.1. The number of aromatic amines is 1. The van der Waals surface area contributed by atoms with E-state index >= 15 is 0 Å². The van der Waals surface area contributed by atoms with Crippen molar-refractivity contribution in [2.45, 2.75) is 39.8 Å². The van der Waals surface area contributed by atoms with Gasteiger partial charge in [0, 0.05) is 5.56 Å². The van der Waals surface area contributed by atoms with Crippen LogP contribution in [-0.2, 0) is 9.59 Å². The molecule has 2 heterocycles. The zero-order valence-corrected chi connectivity index (χ0v) is 21.9. The fourth-order valence-corrected chi connectivity index (χ4v) is 4.83. The number of benzene rings is 3. The first kappa shape index (κ1) is 25.1. The predicted octanol–water partition coefficient (Wildman–Crippen LogP) is 5.60. The number of amides is 1. The smallest absolute Gasteiger partial charge is 0.302 e. The fraction of sp³-hybridized carbons (Fsp3) is 0.233. The number of rotatable bonds is 6. The Morgan fingerprint density at radius 1 is 1.03 bits per heavy atom. The van der Waals surface area contributed by atoms with Crippen LogP contribution in [0.5, 0.6) is 11.5 Å². The molecule has 2 N–H and O–H groups in total. The maximum absolute atomic E-state index is 13.5. The topological polar surface area (TPSA) is 105 Å². The van der Waals surface area contributed by atoms with Crippen LogP contribution in [0.3, 0.4) is 0 Å². The Morgan fingerprint density at radius 3 is 2.39 bits per heavy atom. The number of fused-ring (bicyclic) bond motifs is 1. The van der Waals surface area contributed by atoms with Crippen LogP contribution in [0.1, 0.15) is 42.1 Å². The standard InChI is InChI=1S/C30H29N3O5/c1-16(2)38-20-12-10-19(11-13-20)26-25(27(34)21-14-18(4)24(37-5)15-17(21)3)28(35)29(36)33(26)30-31-22-8-6-7-9-23(22)32-30/h6-16,26,34H,1-5H3,(H,31,32)/b27-25+. The number of nitrogens with one attached hydrogen (secondary N) is 1. The van der Waals surface area contributed by atoms with Crippen LogP contribution in [0.2, 0.25) is 0 Å². The highest BCUT2D eigenvalue weighted by Crippen LogP contribution is 2.43. The highest BCUT2D eigenvalue weighted by Gasteiger charge is 2.48. The minimum absolute atomic E-state index is 0.0108. The molecule has 5 rings (SSSR count). The number of imidazole rings is 1. The number of methoxy groups -OCH3 is 1. The number of carbonyl (C=O) groups is 2. The van der Waals surface area contributed by atoms with Crippen molar-refractivity contribution >= 4 is 34.4 Å². The van der Waals surface area contributed by atoms with Gasteiger partial charge < -0.3 is 19.6 Å². The second-order valence-electron chi connectivity index (χ2n) is 9.62. The number of carbonyl (C=O) groups excluding carboxylic acids is 2. The van der Waals surface area contributed by atoms with Crippen molar-refractivity contribution in [1.82, 2.24) is 9.97 Å². The van der Waals surface area contributed by atoms with E-state index in [1.807, 2.05) is 52.0 Å². The summed E-state index contributed by atoms with van der Waals surface area (Å²) in [6, 6.07) is 17.2. The number of para-hydroxylation sites is 2. The number of aromatic nitrogens is 2. The van der Waals surface area contributed by atoms with E-state index in [9.17, 15) is 14.7 Å². The quantitative estimate of drug-likeness (QED) is 0.198. The number of nitrogens with zero attached hydrogens (tertiary/aromatic N) is 2. The molecule has 0 bridgehead atoms. The largest absolute Gasteiger partial charge is 0.507 e. The molecule has 1 unspecified atom stereocenters. The van der Waals surface area contributed by atoms with Gasteiger partial charge in [-0.15, -0.1) is 0 Å². The van der Waals surface area contributed by atoms with Crippen molar-refractivity contribution in [3.63, 3.8) is 0 Å². The molecule has 4 aromatic rings. The van der Waals surface area contributed by atoms with E-state index in [4.69, 9.17) is 9.47 Å². The minimum Gasteiger partial charge on any atom is -0.507 e. The van der Waals surface area contributed by atoms with E-state index in [2.05, 4.69) is 9.97 Å². The highest BCUT2D eigenvalue weighted by atomic mass is 16.5. The molecule has 3 aromatic carbocycles. The number of ether oxygens (including phenoxy) is 2. The summed E-state index contributed by atoms with van der Waals surface area (Å²) in [6.07, 6.45) is -0.0108. The number of H-pyrrole nitrogens is 1. The molecule has 8 nitrogen and oxygen atoms in total. The lowest BCUT2D eigenvalue weighted by molar-refractivity contribution is -0.132. The monoisotopic (exact) mass is 511 g/mol. The summed E-state index contributed by atoms with van der Waals surface area (Å²) in [6.45, 7) is 7.54. The zero-order chi connectivity index (χ0) is 27.1. The van der Waals surface area contributed by atoms with Gasteiger partial charge in [-0.25, -0.2) is 4.98 Å². The first-order valence-electron chi connectivity index (χ1n) is 12.4. The summed E-state index contributed by atoms with van der Waals surface area (Å²) in [5.74, 6) is -0.269. The Balaban J connectivity index is 1.71. The average Bonchev–Trinajstić information content (AvgIpc) is 3.43. The number of aliphatic hydroxyl groups is 1. The molecule has 0 spiro atoms. The van der Waals surface area contributed by atoms with Gasteiger partial charge in [0.1, 0.15) is 17.3 Å². The Hall–Kier alpha value is -4.59. The molecule has 1 aliphatic heterocycles. The number of ketones is 1. The molecule has 0 radical (unpaired) electrons. The van der Waals surface area contributed by atoms with Crippen LogP contribution in [0.4, 0.5) is 5.95 Å². The maximum Gasteiger partial charge on any atom is 0.302 e. The molecule has 0 saturated carbocycles. The van der Waals surface area contributed by atoms with Crippen molar-refractivity contribution in [2.24, 2.45) is 0 Å². The van der Waals surface area contributed by atoms with Gasteiger partial charge in [-0.05, 0) is 80.8 Å². The second kappa shape index (κ2) is 9.70. The molecule has 1 aromatic heterocycles. The van der Waals surface area contributed by atoms with Crippen LogP contribution in [0.25, 0.3) is 16.8 Å². The van der Waals surface area contributed by atoms with E-state index in [0.717, 1.165) is 11.1 Å². The number of hydrogen-bond acceptors (Lipinski definition) is 6. The lowest BCUT2D eigenvalue weighted by atomic mass is 9.93. The summed E-state index contributed by atoms with van der Waals surface area (Å²) in [5.41, 5.74) is 3.95. The van der Waals surface area contributed by atoms with Crippen molar-refractivity contribution in [1.29, 1.82) is 0 Å². The molecule has 1 fully saturated rings. The van der Waals surface area contributed by atoms with Gasteiger partial charge in [-0.3, -0.25) is 14.5 Å². The van der Waals surface area contributed by atoms with Crippen LogP contribution in [0, 0.1) is 13.8 Å². The highest BCUT2D eigenvalue weighted by molar-refractivity contribution is 6.51. The number of aliphatic hydroxyl groups excluding tert-OH is 1. The maximum atomic E-state index is 13.5. The number of Topliss-reactive ketones (excluding diaryl/α,β-unsaturated/α-hetero) is 1. The van der Waals surface area contributed by atoms with E-state index in [-0.39, 0.29) is 23.4 Å². The first-order chi connectivity index (χ1) is 18.2. The van der Waals surface area contributed by atoms with Gasteiger partial charge in [0.2, 0.25) is 5.95 Å². The molecule has 194 valence electrons. The van der Waals surface area contributed by atoms with Gasteiger partial charge >= 0.3 is 5.91 Å². The molecule has 38 heavy (non-hydrogen) atoms. The Bertz CT molecular complexity index is 1550. The van der Waals surface area contributed by atoms with Crippen molar-refractivity contribution < 1.29 is 24.2 Å². The van der Waals surface area contributed by atoms with Gasteiger partial charge in [0.25, 0.3) is 5.78 Å². The predicted molar refractivity (Wildman–Crippen MR) is 146 cm³/mol. The average molecular weight is 512 g/mol. The molecule has 1 atom stereocenters. The van der Waals surface area contributed by atoms with Crippen molar-refractivity contribution in [2.75, 3.05) is 12.0 Å². The third-order valence-corrected chi connectivity index (χ3v) is 6.61. The molecule has 8 heteroatoms. The normalized spacial score (nSPS) is 17.0. The van der Waals surface area contributed by atoms with E-state index in [1.165, 1.54) is 4.90 Å². The zero-order valence-electron chi connectivity index (χ0n) is 21.9. The number of hydrogen-bond donors (Lipinski definition) is 2. The fourth-order valence-electron chi connectivity index (χ4n) is 4.83. The van der Waals surface area contributed by atoms with Crippen molar-refractivity contribution in [3.05, 3.63) is 88.5 Å². The first-order valence-corrected chi connectivity index (χ1v) is 12.4. The second-order valence-corrected chi connectivity index (χ2v) is 9.62. The molecule has 1 saturated heterocycles. The molecular formula is C30H29N3O5. The Labute approximate surface area is 220 Å². The lowest BCUT2D eigenvalue weighted by Gasteiger charge is -2.23. The van der Waals surface area contributed by atoms with Crippen LogP contribution in [0.15, 0.2) is 66.2 Å². The molecule has 1 amide bonds. The van der Waals surface area contributed by atoms with Crippen LogP contribution < -0.4 is 14.4 Å². The van der Waals surface area contributed by atoms with E-state index in [0.29, 0.717) is 33.7 Å². The number of aryl methyl sites for hydroxylation is 2. The minimum atomic E-state index is -0.912. The van der Waals surface area contributed by atoms with E-state index in [1.54, 1.807) is 43.5 Å². The van der Waals surface area contributed by atoms with Crippen LogP contribution in [-0.4, -0.2) is 40.0 Å². The summed E-state index contributed by atoms with van der Waals surface area (Å²) in [7, 11) is 1.58. The third kappa shape index (κ3) is 4.28. The van der Waals surface area contributed by atoms with Crippen molar-refractivity contribution in [3.8, 4) is 11.5 Å². The molecule has 1 aliphatic rings. The van der Waals surface area contributed by atoms with Gasteiger partial charge in [0.15, 0.2) is 0 Å². The molecule has 0 aliphatic carbocycles. The Kier molecular flexibility index (Phi) is 6.40. The third-order valence-electron chi connectivity index (χ3n) is 6.61. The van der Waals surface area contributed by atoms with Gasteiger partial charge in [0.05, 0.1) is 35.9 Å². The summed E-state index contributed by atoms with van der Waals surface area (Å²) >= 11 is 0. The van der Waals surface area contributed by atoms with Gasteiger partial charge in [-0.1, -0.05) is 24.3 Å².